The second kappa shape index (κ2) is 8.59. The van der Waals surface area contributed by atoms with E-state index in [1.165, 1.54) is 5.56 Å². The molecule has 0 radical (unpaired) electrons. The predicted molar refractivity (Wildman–Crippen MR) is 102 cm³/mol. The molecule has 2 heterocycles. The second-order valence-electron chi connectivity index (χ2n) is 7.00. The molecule has 0 atom stereocenters. The minimum Gasteiger partial charge on any atom is -0.304 e. The molecule has 3 nitrogen and oxygen atoms in total. The van der Waals surface area contributed by atoms with E-state index in [2.05, 4.69) is 21.8 Å². The minimum atomic E-state index is -4.44. The van der Waals surface area contributed by atoms with E-state index in [-0.39, 0.29) is 5.02 Å². The van der Waals surface area contributed by atoms with Crippen LogP contribution >= 0.6 is 11.6 Å². The van der Waals surface area contributed by atoms with Gasteiger partial charge in [-0.25, -0.2) is 0 Å². The maximum Gasteiger partial charge on any atom is 0.417 e. The zero-order valence-corrected chi connectivity index (χ0v) is 16.0. The normalized spacial score (nSPS) is 16.6. The molecule has 0 saturated carbocycles. The zero-order chi connectivity index (χ0) is 19.4. The van der Waals surface area contributed by atoms with Gasteiger partial charge in [-0.1, -0.05) is 35.9 Å². The van der Waals surface area contributed by atoms with Crippen LogP contribution in [0.2, 0.25) is 5.02 Å². The molecule has 0 aliphatic carbocycles. The number of benzene rings is 1. The Morgan fingerprint density at radius 3 is 2.33 bits per heavy atom. The standard InChI is InChI=1S/C20H23ClF3N3/c1-26-9-11-27(12-10-26)8-2-3-15-4-6-16(7-5-15)19-18(21)13-17(14-25-19)20(22,23)24/h4-7,13-14H,2-3,8-12H2,1H3. The molecule has 1 aromatic heterocycles. The Morgan fingerprint density at radius 1 is 1.07 bits per heavy atom. The molecule has 0 unspecified atom stereocenters. The fourth-order valence-electron chi connectivity index (χ4n) is 3.21. The third-order valence-electron chi connectivity index (χ3n) is 4.93. The molecule has 0 bridgehead atoms. The number of hydrogen-bond acceptors (Lipinski definition) is 3. The molecule has 1 fully saturated rings. The van der Waals surface area contributed by atoms with Crippen LogP contribution in [0.15, 0.2) is 36.5 Å². The summed E-state index contributed by atoms with van der Waals surface area (Å²) in [6.07, 6.45) is -1.56. The lowest BCUT2D eigenvalue weighted by Gasteiger charge is -2.32. The molecule has 0 amide bonds. The SMILES string of the molecule is CN1CCN(CCCc2ccc(-c3ncc(C(F)(F)F)cc3Cl)cc2)CC1. The second-order valence-corrected chi connectivity index (χ2v) is 7.40. The number of alkyl halides is 3. The summed E-state index contributed by atoms with van der Waals surface area (Å²) in [5, 5.41) is 0.00708. The third-order valence-corrected chi connectivity index (χ3v) is 5.22. The molecule has 0 spiro atoms. The van der Waals surface area contributed by atoms with Gasteiger partial charge >= 0.3 is 6.18 Å². The van der Waals surface area contributed by atoms with Crippen molar-refractivity contribution in [1.29, 1.82) is 0 Å². The third kappa shape index (κ3) is 5.43. The zero-order valence-electron chi connectivity index (χ0n) is 15.3. The summed E-state index contributed by atoms with van der Waals surface area (Å²) in [4.78, 5) is 8.74. The van der Waals surface area contributed by atoms with E-state index in [0.29, 0.717) is 5.69 Å². The van der Waals surface area contributed by atoms with E-state index < -0.39 is 11.7 Å². The maximum atomic E-state index is 12.7. The van der Waals surface area contributed by atoms with Crippen LogP contribution in [-0.4, -0.2) is 54.6 Å². The van der Waals surface area contributed by atoms with Crippen LogP contribution in [0, 0.1) is 0 Å². The van der Waals surface area contributed by atoms with Gasteiger partial charge in [0, 0.05) is 37.9 Å². The van der Waals surface area contributed by atoms with Crippen molar-refractivity contribution in [3.05, 3.63) is 52.7 Å². The minimum absolute atomic E-state index is 0.00708. The molecule has 27 heavy (non-hydrogen) atoms. The maximum absolute atomic E-state index is 12.7. The summed E-state index contributed by atoms with van der Waals surface area (Å²) in [6, 6.07) is 8.65. The smallest absolute Gasteiger partial charge is 0.304 e. The molecule has 0 N–H and O–H groups in total. The largest absolute Gasteiger partial charge is 0.417 e. The highest BCUT2D eigenvalue weighted by molar-refractivity contribution is 6.33. The van der Waals surface area contributed by atoms with Gasteiger partial charge in [0.25, 0.3) is 0 Å². The van der Waals surface area contributed by atoms with E-state index in [0.717, 1.165) is 63.4 Å². The van der Waals surface area contributed by atoms with E-state index in [1.807, 2.05) is 24.3 Å². The lowest BCUT2D eigenvalue weighted by atomic mass is 10.0. The van der Waals surface area contributed by atoms with Gasteiger partial charge in [0.1, 0.15) is 0 Å². The van der Waals surface area contributed by atoms with Crippen molar-refractivity contribution in [2.75, 3.05) is 39.8 Å². The lowest BCUT2D eigenvalue weighted by Crippen LogP contribution is -2.44. The quantitative estimate of drug-likeness (QED) is 0.735. The fourth-order valence-corrected chi connectivity index (χ4v) is 3.49. The highest BCUT2D eigenvalue weighted by atomic mass is 35.5. The molecule has 1 aliphatic rings. The summed E-state index contributed by atoms with van der Waals surface area (Å²) < 4.78 is 38.2. The van der Waals surface area contributed by atoms with Crippen molar-refractivity contribution < 1.29 is 13.2 Å². The van der Waals surface area contributed by atoms with Crippen molar-refractivity contribution in [2.24, 2.45) is 0 Å². The number of likely N-dealkylation sites (N-methyl/N-ethyl adjacent to an activating group) is 1. The van der Waals surface area contributed by atoms with Crippen LogP contribution in [0.5, 0.6) is 0 Å². The Labute approximate surface area is 162 Å². The molecule has 1 aliphatic heterocycles. The first-order chi connectivity index (χ1) is 12.8. The number of piperazine rings is 1. The Kier molecular flexibility index (Phi) is 6.40. The monoisotopic (exact) mass is 397 g/mol. The number of hydrogen-bond donors (Lipinski definition) is 0. The molecular weight excluding hydrogens is 375 g/mol. The number of halogens is 4. The number of pyridine rings is 1. The van der Waals surface area contributed by atoms with E-state index in [4.69, 9.17) is 11.6 Å². The first-order valence-corrected chi connectivity index (χ1v) is 9.43. The Morgan fingerprint density at radius 2 is 1.74 bits per heavy atom. The molecule has 1 aromatic carbocycles. The average Bonchev–Trinajstić information content (AvgIpc) is 2.63. The Balaban J connectivity index is 1.57. The number of nitrogens with zero attached hydrogens (tertiary/aromatic N) is 3. The van der Waals surface area contributed by atoms with Crippen molar-refractivity contribution in [3.63, 3.8) is 0 Å². The van der Waals surface area contributed by atoms with Crippen LogP contribution < -0.4 is 0 Å². The van der Waals surface area contributed by atoms with Crippen molar-refractivity contribution in [2.45, 2.75) is 19.0 Å². The lowest BCUT2D eigenvalue weighted by molar-refractivity contribution is -0.137. The van der Waals surface area contributed by atoms with Crippen molar-refractivity contribution in [1.82, 2.24) is 14.8 Å². The summed E-state index contributed by atoms with van der Waals surface area (Å²) in [5.41, 5.74) is 1.46. The first-order valence-electron chi connectivity index (χ1n) is 9.06. The fraction of sp³-hybridized carbons (Fsp3) is 0.450. The molecule has 2 aromatic rings. The molecule has 3 rings (SSSR count). The van der Waals surface area contributed by atoms with Gasteiger partial charge in [0.15, 0.2) is 0 Å². The van der Waals surface area contributed by atoms with Crippen LogP contribution in [0.25, 0.3) is 11.3 Å². The van der Waals surface area contributed by atoms with Crippen molar-refractivity contribution >= 4 is 11.6 Å². The van der Waals surface area contributed by atoms with Crippen LogP contribution in [0.4, 0.5) is 13.2 Å². The van der Waals surface area contributed by atoms with Crippen LogP contribution in [-0.2, 0) is 12.6 Å². The predicted octanol–water partition coefficient (Wildman–Crippen LogP) is 4.60. The summed E-state index contributed by atoms with van der Waals surface area (Å²) >= 11 is 6.02. The number of aromatic nitrogens is 1. The first kappa shape index (κ1) is 20.1. The summed E-state index contributed by atoms with van der Waals surface area (Å²) in [6.45, 7) is 5.56. The van der Waals surface area contributed by atoms with E-state index >= 15 is 0 Å². The van der Waals surface area contributed by atoms with Gasteiger partial charge in [-0.3, -0.25) is 4.98 Å². The van der Waals surface area contributed by atoms with E-state index in [1.54, 1.807) is 0 Å². The molecule has 146 valence electrons. The van der Waals surface area contributed by atoms with Gasteiger partial charge in [-0.05, 0) is 38.1 Å². The average molecular weight is 398 g/mol. The number of aryl methyl sites for hydroxylation is 1. The van der Waals surface area contributed by atoms with Gasteiger partial charge in [-0.15, -0.1) is 0 Å². The van der Waals surface area contributed by atoms with Crippen LogP contribution in [0.1, 0.15) is 17.5 Å². The number of rotatable bonds is 5. The van der Waals surface area contributed by atoms with Gasteiger partial charge in [0.2, 0.25) is 0 Å². The van der Waals surface area contributed by atoms with Gasteiger partial charge in [0.05, 0.1) is 16.3 Å². The summed E-state index contributed by atoms with van der Waals surface area (Å²) in [7, 11) is 2.15. The highest BCUT2D eigenvalue weighted by Gasteiger charge is 2.31. The molecule has 1 saturated heterocycles. The van der Waals surface area contributed by atoms with Crippen LogP contribution in [0.3, 0.4) is 0 Å². The van der Waals surface area contributed by atoms with Gasteiger partial charge in [-0.2, -0.15) is 13.2 Å². The summed E-state index contributed by atoms with van der Waals surface area (Å²) in [5.74, 6) is 0. The molecular formula is C20H23ClF3N3. The molecule has 7 heteroatoms. The highest BCUT2D eigenvalue weighted by Crippen LogP contribution is 2.34. The van der Waals surface area contributed by atoms with Gasteiger partial charge < -0.3 is 9.80 Å². The Bertz CT molecular complexity index is 754. The Hall–Kier alpha value is -1.63. The van der Waals surface area contributed by atoms with E-state index in [9.17, 15) is 13.2 Å². The van der Waals surface area contributed by atoms with Crippen molar-refractivity contribution in [3.8, 4) is 11.3 Å². The topological polar surface area (TPSA) is 19.4 Å².